The Morgan fingerprint density at radius 3 is 2.93 bits per heavy atom. The van der Waals surface area contributed by atoms with Crippen molar-refractivity contribution in [2.24, 2.45) is 0 Å². The minimum Gasteiger partial charge on any atom is -0.496 e. The fraction of sp³-hybridized carbons (Fsp3) is 0.100. The van der Waals surface area contributed by atoms with Crippen LogP contribution in [0.5, 0.6) is 5.75 Å². The lowest BCUT2D eigenvalue weighted by atomic mass is 10.1. The molecule has 4 heteroatoms. The van der Waals surface area contributed by atoms with Crippen LogP contribution in [0.4, 0.5) is 0 Å². The summed E-state index contributed by atoms with van der Waals surface area (Å²) in [6.45, 7) is 0. The minimum atomic E-state index is -0.959. The average molecular weight is 191 g/mol. The van der Waals surface area contributed by atoms with Gasteiger partial charge in [-0.3, -0.25) is 0 Å². The molecule has 0 amide bonds. The highest BCUT2D eigenvalue weighted by Crippen LogP contribution is 2.26. The highest BCUT2D eigenvalue weighted by Gasteiger charge is 2.09. The van der Waals surface area contributed by atoms with Gasteiger partial charge in [0.05, 0.1) is 12.7 Å². The molecule has 2 rings (SSSR count). The molecule has 0 spiro atoms. The van der Waals surface area contributed by atoms with Gasteiger partial charge in [-0.25, -0.2) is 4.79 Å². The van der Waals surface area contributed by atoms with Gasteiger partial charge in [-0.2, -0.15) is 0 Å². The Labute approximate surface area is 80.1 Å². The summed E-state index contributed by atoms with van der Waals surface area (Å²) < 4.78 is 5.09. The number of aromatic carboxylic acids is 1. The predicted octanol–water partition coefficient (Wildman–Crippen LogP) is 1.87. The number of H-pyrrole nitrogens is 1. The number of rotatable bonds is 2. The molecule has 4 nitrogen and oxygen atoms in total. The van der Waals surface area contributed by atoms with Crippen LogP contribution in [0.15, 0.2) is 24.4 Å². The first-order chi connectivity index (χ1) is 6.72. The minimum absolute atomic E-state index is 0.219. The number of nitrogens with one attached hydrogen (secondary N) is 1. The quantitative estimate of drug-likeness (QED) is 0.761. The second kappa shape index (κ2) is 3.06. The maximum Gasteiger partial charge on any atom is 0.335 e. The number of ether oxygens (including phenoxy) is 1. The van der Waals surface area contributed by atoms with Crippen LogP contribution in [0.1, 0.15) is 10.4 Å². The molecule has 0 atom stereocenters. The molecule has 72 valence electrons. The van der Waals surface area contributed by atoms with E-state index >= 15 is 0 Å². The van der Waals surface area contributed by atoms with E-state index in [1.54, 1.807) is 12.3 Å². The van der Waals surface area contributed by atoms with Crippen molar-refractivity contribution in [2.75, 3.05) is 7.11 Å². The molecule has 0 saturated carbocycles. The zero-order valence-electron chi connectivity index (χ0n) is 7.57. The Kier molecular flexibility index (Phi) is 1.89. The topological polar surface area (TPSA) is 62.3 Å². The second-order valence-corrected chi connectivity index (χ2v) is 2.92. The number of hydrogen-bond donors (Lipinski definition) is 2. The van der Waals surface area contributed by atoms with Crippen LogP contribution < -0.4 is 4.74 Å². The van der Waals surface area contributed by atoms with Gasteiger partial charge in [0.1, 0.15) is 5.75 Å². The van der Waals surface area contributed by atoms with Gasteiger partial charge in [-0.1, -0.05) is 0 Å². The molecule has 0 radical (unpaired) electrons. The van der Waals surface area contributed by atoms with Crippen LogP contribution in [0.3, 0.4) is 0 Å². The van der Waals surface area contributed by atoms with Gasteiger partial charge < -0.3 is 14.8 Å². The van der Waals surface area contributed by atoms with Crippen LogP contribution in [-0.4, -0.2) is 23.2 Å². The SMILES string of the molecule is COc1cc(C(=O)O)cc2[nH]ccc12. The normalized spacial score (nSPS) is 10.4. The van der Waals surface area contributed by atoms with E-state index in [2.05, 4.69) is 4.98 Å². The second-order valence-electron chi connectivity index (χ2n) is 2.92. The Morgan fingerprint density at radius 2 is 2.29 bits per heavy atom. The predicted molar refractivity (Wildman–Crippen MR) is 51.8 cm³/mol. The number of fused-ring (bicyclic) bond motifs is 1. The van der Waals surface area contributed by atoms with Crippen molar-refractivity contribution in [1.29, 1.82) is 0 Å². The molecule has 1 aromatic heterocycles. The molecule has 1 aromatic carbocycles. The van der Waals surface area contributed by atoms with Gasteiger partial charge >= 0.3 is 5.97 Å². The highest BCUT2D eigenvalue weighted by molar-refractivity contribution is 5.96. The number of methoxy groups -OCH3 is 1. The maximum atomic E-state index is 10.8. The maximum absolute atomic E-state index is 10.8. The summed E-state index contributed by atoms with van der Waals surface area (Å²) in [4.78, 5) is 13.7. The number of aromatic nitrogens is 1. The van der Waals surface area contributed by atoms with Crippen LogP contribution in [0, 0.1) is 0 Å². The summed E-state index contributed by atoms with van der Waals surface area (Å²) in [5, 5.41) is 9.72. The monoisotopic (exact) mass is 191 g/mol. The number of aromatic amines is 1. The van der Waals surface area contributed by atoms with Gasteiger partial charge in [-0.05, 0) is 18.2 Å². The lowest BCUT2D eigenvalue weighted by Gasteiger charge is -2.03. The van der Waals surface area contributed by atoms with Crippen LogP contribution >= 0.6 is 0 Å². The molecular formula is C10H9NO3. The molecule has 0 bridgehead atoms. The smallest absolute Gasteiger partial charge is 0.335 e. The van der Waals surface area contributed by atoms with E-state index in [9.17, 15) is 4.79 Å². The Balaban J connectivity index is 2.73. The van der Waals surface area contributed by atoms with Gasteiger partial charge in [0, 0.05) is 17.1 Å². The number of hydrogen-bond acceptors (Lipinski definition) is 2. The van der Waals surface area contributed by atoms with Crippen molar-refractivity contribution in [3.8, 4) is 5.75 Å². The average Bonchev–Trinajstić information content (AvgIpc) is 2.63. The largest absolute Gasteiger partial charge is 0.496 e. The van der Waals surface area contributed by atoms with E-state index in [0.29, 0.717) is 5.75 Å². The number of carbonyl (C=O) groups is 1. The first kappa shape index (κ1) is 8.62. The zero-order valence-corrected chi connectivity index (χ0v) is 7.57. The number of carboxylic acid groups (broad SMARTS) is 1. The molecule has 0 fully saturated rings. The third kappa shape index (κ3) is 1.21. The third-order valence-corrected chi connectivity index (χ3v) is 2.10. The van der Waals surface area contributed by atoms with E-state index in [1.165, 1.54) is 13.2 Å². The highest BCUT2D eigenvalue weighted by atomic mass is 16.5. The van der Waals surface area contributed by atoms with Gasteiger partial charge in [-0.15, -0.1) is 0 Å². The summed E-state index contributed by atoms with van der Waals surface area (Å²) in [5.74, 6) is -0.388. The molecule has 0 unspecified atom stereocenters. The fourth-order valence-electron chi connectivity index (χ4n) is 1.43. The van der Waals surface area contributed by atoms with E-state index in [1.807, 2.05) is 6.07 Å². The van der Waals surface area contributed by atoms with E-state index in [-0.39, 0.29) is 5.56 Å². The van der Waals surface area contributed by atoms with Crippen molar-refractivity contribution in [2.45, 2.75) is 0 Å². The van der Waals surface area contributed by atoms with Crippen molar-refractivity contribution in [3.05, 3.63) is 30.0 Å². The molecule has 0 aliphatic rings. The van der Waals surface area contributed by atoms with Gasteiger partial charge in [0.25, 0.3) is 0 Å². The van der Waals surface area contributed by atoms with Crippen LogP contribution in [0.25, 0.3) is 10.9 Å². The molecule has 0 aliphatic carbocycles. The van der Waals surface area contributed by atoms with E-state index < -0.39 is 5.97 Å². The summed E-state index contributed by atoms with van der Waals surface area (Å²) in [5.41, 5.74) is 0.985. The first-order valence-electron chi connectivity index (χ1n) is 4.11. The molecule has 2 aromatic rings. The summed E-state index contributed by atoms with van der Waals surface area (Å²) in [7, 11) is 1.52. The Bertz CT molecular complexity index is 487. The number of benzene rings is 1. The van der Waals surface area contributed by atoms with Crippen molar-refractivity contribution in [1.82, 2.24) is 4.98 Å². The van der Waals surface area contributed by atoms with E-state index in [4.69, 9.17) is 9.84 Å². The molecule has 0 saturated heterocycles. The Morgan fingerprint density at radius 1 is 1.50 bits per heavy atom. The summed E-state index contributed by atoms with van der Waals surface area (Å²) in [6, 6.07) is 4.94. The molecule has 1 heterocycles. The van der Waals surface area contributed by atoms with Crippen LogP contribution in [-0.2, 0) is 0 Å². The fourth-order valence-corrected chi connectivity index (χ4v) is 1.43. The lowest BCUT2D eigenvalue weighted by molar-refractivity contribution is 0.0696. The van der Waals surface area contributed by atoms with Crippen LogP contribution in [0.2, 0.25) is 0 Å². The molecule has 0 aliphatic heterocycles. The van der Waals surface area contributed by atoms with E-state index in [0.717, 1.165) is 10.9 Å². The standard InChI is InChI=1S/C10H9NO3/c1-14-9-5-6(10(12)13)4-8-7(9)2-3-11-8/h2-5,11H,1H3,(H,12,13). The third-order valence-electron chi connectivity index (χ3n) is 2.10. The summed E-state index contributed by atoms with van der Waals surface area (Å²) >= 11 is 0. The zero-order chi connectivity index (χ0) is 10.1. The number of carboxylic acids is 1. The first-order valence-corrected chi connectivity index (χ1v) is 4.11. The van der Waals surface area contributed by atoms with Crippen molar-refractivity contribution < 1.29 is 14.6 Å². The summed E-state index contributed by atoms with van der Waals surface area (Å²) in [6.07, 6.45) is 1.75. The Hall–Kier alpha value is -1.97. The van der Waals surface area contributed by atoms with Gasteiger partial charge in [0.15, 0.2) is 0 Å². The van der Waals surface area contributed by atoms with Crippen molar-refractivity contribution >= 4 is 16.9 Å². The van der Waals surface area contributed by atoms with Gasteiger partial charge in [0.2, 0.25) is 0 Å². The molecule has 2 N–H and O–H groups in total. The molecular weight excluding hydrogens is 182 g/mol. The van der Waals surface area contributed by atoms with Crippen molar-refractivity contribution in [3.63, 3.8) is 0 Å². The lowest BCUT2D eigenvalue weighted by Crippen LogP contribution is -1.97. The molecule has 14 heavy (non-hydrogen) atoms.